The van der Waals surface area contributed by atoms with Crippen molar-refractivity contribution < 1.29 is 14.7 Å². The third kappa shape index (κ3) is 4.85. The van der Waals surface area contributed by atoms with Crippen molar-refractivity contribution in [1.82, 2.24) is 10.6 Å². The maximum absolute atomic E-state index is 11.5. The van der Waals surface area contributed by atoms with Gasteiger partial charge in [-0.3, -0.25) is 0 Å². The lowest BCUT2D eigenvalue weighted by molar-refractivity contribution is -0.142. The number of nitrogens with one attached hydrogen (secondary N) is 2. The van der Waals surface area contributed by atoms with Crippen molar-refractivity contribution in [3.05, 3.63) is 0 Å². The van der Waals surface area contributed by atoms with Crippen molar-refractivity contribution in [2.24, 2.45) is 0 Å². The highest BCUT2D eigenvalue weighted by molar-refractivity contribution is 7.99. The van der Waals surface area contributed by atoms with E-state index in [-0.39, 0.29) is 0 Å². The minimum atomic E-state index is -1.23. The molecule has 6 heteroatoms. The quantitative estimate of drug-likeness (QED) is 0.714. The molecule has 1 saturated heterocycles. The fraction of sp³-hybridized carbons (Fsp3) is 0.818. The average molecular weight is 260 g/mol. The molecule has 0 spiro atoms. The van der Waals surface area contributed by atoms with Gasteiger partial charge in [-0.25, -0.2) is 9.59 Å². The van der Waals surface area contributed by atoms with Gasteiger partial charge in [0.1, 0.15) is 5.54 Å². The van der Waals surface area contributed by atoms with Crippen LogP contribution in [0.1, 0.15) is 33.1 Å². The minimum absolute atomic E-state index is 0.413. The van der Waals surface area contributed by atoms with E-state index in [1.165, 1.54) is 26.7 Å². The molecule has 2 amide bonds. The molecule has 0 aromatic carbocycles. The molecular formula is C11H20N2O3S. The number of hydrogen-bond acceptors (Lipinski definition) is 3. The molecule has 1 heterocycles. The summed E-state index contributed by atoms with van der Waals surface area (Å²) in [5.74, 6) is 0.105. The third-order valence-electron chi connectivity index (χ3n) is 2.72. The Bertz CT molecular complexity index is 288. The number of rotatable bonds is 4. The number of amides is 2. The highest BCUT2D eigenvalue weighted by atomic mass is 32.2. The largest absolute Gasteiger partial charge is 0.480 e. The Kier molecular flexibility index (Phi) is 5.11. The Balaban J connectivity index is 2.27. The summed E-state index contributed by atoms with van der Waals surface area (Å²) in [6.07, 6.45) is 3.58. The van der Waals surface area contributed by atoms with Gasteiger partial charge < -0.3 is 15.7 Å². The Morgan fingerprint density at radius 3 is 2.65 bits per heavy atom. The van der Waals surface area contributed by atoms with Gasteiger partial charge in [0.15, 0.2) is 0 Å². The van der Waals surface area contributed by atoms with Crippen LogP contribution in [0.3, 0.4) is 0 Å². The van der Waals surface area contributed by atoms with E-state index in [4.69, 9.17) is 5.11 Å². The van der Waals surface area contributed by atoms with E-state index in [1.807, 2.05) is 11.8 Å². The van der Waals surface area contributed by atoms with Gasteiger partial charge in [-0.05, 0) is 32.4 Å². The summed E-state index contributed by atoms with van der Waals surface area (Å²) in [6.45, 7) is 3.53. The summed E-state index contributed by atoms with van der Waals surface area (Å²) in [5.41, 5.74) is -1.23. The Morgan fingerprint density at radius 2 is 2.12 bits per heavy atom. The molecule has 0 bridgehead atoms. The number of aliphatic carboxylic acids is 1. The van der Waals surface area contributed by atoms with Crippen LogP contribution in [0.15, 0.2) is 0 Å². The first-order valence-corrected chi connectivity index (χ1v) is 6.88. The fourth-order valence-corrected chi connectivity index (χ4v) is 2.80. The summed E-state index contributed by atoms with van der Waals surface area (Å²) in [6, 6.07) is -0.413. The van der Waals surface area contributed by atoms with Crippen LogP contribution in [0.2, 0.25) is 0 Å². The van der Waals surface area contributed by atoms with Gasteiger partial charge in [0.25, 0.3) is 0 Å². The maximum atomic E-state index is 11.5. The number of urea groups is 1. The average Bonchev–Trinajstić information content (AvgIpc) is 2.27. The van der Waals surface area contributed by atoms with Crippen molar-refractivity contribution in [3.63, 3.8) is 0 Å². The van der Waals surface area contributed by atoms with Crippen molar-refractivity contribution in [2.45, 2.75) is 43.9 Å². The lowest BCUT2D eigenvalue weighted by atomic mass is 10.1. The van der Waals surface area contributed by atoms with Gasteiger partial charge in [0.2, 0.25) is 0 Å². The molecule has 0 radical (unpaired) electrons. The van der Waals surface area contributed by atoms with E-state index in [2.05, 4.69) is 10.6 Å². The summed E-state index contributed by atoms with van der Waals surface area (Å²) < 4.78 is 0. The lowest BCUT2D eigenvalue weighted by Crippen LogP contribution is -2.53. The Morgan fingerprint density at radius 1 is 1.41 bits per heavy atom. The van der Waals surface area contributed by atoms with E-state index in [1.54, 1.807) is 0 Å². The predicted molar refractivity (Wildman–Crippen MR) is 68.3 cm³/mol. The molecule has 0 aromatic heterocycles. The van der Waals surface area contributed by atoms with Crippen LogP contribution in [-0.2, 0) is 4.79 Å². The summed E-state index contributed by atoms with van der Waals surface area (Å²) >= 11 is 1.87. The van der Waals surface area contributed by atoms with Gasteiger partial charge in [-0.15, -0.1) is 0 Å². The summed E-state index contributed by atoms with van der Waals surface area (Å²) in [4.78, 5) is 22.3. The Hall–Kier alpha value is -0.910. The fourth-order valence-electron chi connectivity index (χ4n) is 1.56. The minimum Gasteiger partial charge on any atom is -0.480 e. The van der Waals surface area contributed by atoms with E-state index < -0.39 is 17.5 Å². The highest BCUT2D eigenvalue weighted by Gasteiger charge is 2.29. The topological polar surface area (TPSA) is 78.4 Å². The maximum Gasteiger partial charge on any atom is 0.328 e. The van der Waals surface area contributed by atoms with Gasteiger partial charge in [0.05, 0.1) is 0 Å². The standard InChI is InChI=1S/C11H20N2O3S/c1-11(2,9(14)15)13-10(16)12-7-8-5-3-4-6-17-8/h8H,3-7H2,1-2H3,(H,14,15)(H2,12,13,16). The molecule has 17 heavy (non-hydrogen) atoms. The molecule has 5 nitrogen and oxygen atoms in total. The third-order valence-corrected chi connectivity index (χ3v) is 4.12. The lowest BCUT2D eigenvalue weighted by Gasteiger charge is -2.24. The normalized spacial score (nSPS) is 20.7. The first-order chi connectivity index (χ1) is 7.92. The number of carbonyl (C=O) groups is 2. The molecule has 0 saturated carbocycles. The van der Waals surface area contributed by atoms with Gasteiger partial charge in [-0.1, -0.05) is 6.42 Å². The van der Waals surface area contributed by atoms with Crippen LogP contribution in [0.5, 0.6) is 0 Å². The number of carboxylic acids is 1. The van der Waals surface area contributed by atoms with Crippen molar-refractivity contribution in [2.75, 3.05) is 12.3 Å². The SMILES string of the molecule is CC(C)(NC(=O)NCC1CCCCS1)C(=O)O. The molecule has 0 aromatic rings. The molecule has 1 fully saturated rings. The molecule has 1 aliphatic rings. The van der Waals surface area contributed by atoms with E-state index >= 15 is 0 Å². The molecule has 1 unspecified atom stereocenters. The Labute approximate surface area is 106 Å². The highest BCUT2D eigenvalue weighted by Crippen LogP contribution is 2.24. The van der Waals surface area contributed by atoms with Crippen LogP contribution < -0.4 is 10.6 Å². The van der Waals surface area contributed by atoms with Crippen LogP contribution in [0, 0.1) is 0 Å². The molecule has 0 aliphatic carbocycles. The second-order valence-electron chi connectivity index (χ2n) is 4.75. The first-order valence-electron chi connectivity index (χ1n) is 5.83. The molecule has 3 N–H and O–H groups in total. The van der Waals surface area contributed by atoms with E-state index in [0.717, 1.165) is 12.2 Å². The number of carboxylic acid groups (broad SMARTS) is 1. The van der Waals surface area contributed by atoms with Crippen LogP contribution in [0.25, 0.3) is 0 Å². The van der Waals surface area contributed by atoms with E-state index in [9.17, 15) is 9.59 Å². The van der Waals surface area contributed by atoms with Crippen molar-refractivity contribution in [3.8, 4) is 0 Å². The summed E-state index contributed by atoms with van der Waals surface area (Å²) in [5, 5.41) is 14.5. The first kappa shape index (κ1) is 14.2. The van der Waals surface area contributed by atoms with Crippen molar-refractivity contribution in [1.29, 1.82) is 0 Å². The van der Waals surface area contributed by atoms with Crippen molar-refractivity contribution >= 4 is 23.8 Å². The zero-order valence-corrected chi connectivity index (χ0v) is 11.1. The zero-order chi connectivity index (χ0) is 12.9. The second kappa shape index (κ2) is 6.14. The molecule has 1 atom stereocenters. The van der Waals surface area contributed by atoms with Gasteiger partial charge in [-0.2, -0.15) is 11.8 Å². The van der Waals surface area contributed by atoms with Crippen LogP contribution in [-0.4, -0.2) is 40.2 Å². The predicted octanol–water partition coefficient (Wildman–Crippen LogP) is 1.43. The van der Waals surface area contributed by atoms with E-state index in [0.29, 0.717) is 11.8 Å². The van der Waals surface area contributed by atoms with Gasteiger partial charge >= 0.3 is 12.0 Å². The zero-order valence-electron chi connectivity index (χ0n) is 10.3. The number of hydrogen-bond donors (Lipinski definition) is 3. The van der Waals surface area contributed by atoms with Gasteiger partial charge in [0, 0.05) is 11.8 Å². The molecule has 1 aliphatic heterocycles. The summed E-state index contributed by atoms with van der Waals surface area (Å²) in [7, 11) is 0. The monoisotopic (exact) mass is 260 g/mol. The molecular weight excluding hydrogens is 240 g/mol. The smallest absolute Gasteiger partial charge is 0.328 e. The van der Waals surface area contributed by atoms with Crippen LogP contribution >= 0.6 is 11.8 Å². The molecule has 1 rings (SSSR count). The molecule has 98 valence electrons. The number of thioether (sulfide) groups is 1. The second-order valence-corrected chi connectivity index (χ2v) is 6.16. The number of carbonyl (C=O) groups excluding carboxylic acids is 1. The van der Waals surface area contributed by atoms with Crippen LogP contribution in [0.4, 0.5) is 4.79 Å².